The van der Waals surface area contributed by atoms with Gasteiger partial charge in [0, 0.05) is 11.1 Å². The molecule has 1 saturated heterocycles. The highest BCUT2D eigenvalue weighted by Gasteiger charge is 2.22. The van der Waals surface area contributed by atoms with Crippen molar-refractivity contribution < 1.29 is 14.2 Å². The van der Waals surface area contributed by atoms with Crippen LogP contribution in [0.2, 0.25) is 0 Å². The molecule has 1 fully saturated rings. The van der Waals surface area contributed by atoms with Crippen molar-refractivity contribution >= 4 is 0 Å². The fourth-order valence-corrected chi connectivity index (χ4v) is 2.98. The van der Waals surface area contributed by atoms with Crippen LogP contribution in [0.4, 0.5) is 0 Å². The fourth-order valence-electron chi connectivity index (χ4n) is 2.98. The maximum atomic E-state index is 5.56. The molecule has 0 radical (unpaired) electrons. The Morgan fingerprint density at radius 2 is 2.16 bits per heavy atom. The minimum atomic E-state index is 0.353. The second-order valence-corrected chi connectivity index (χ2v) is 5.23. The summed E-state index contributed by atoms with van der Waals surface area (Å²) in [6, 6.07) is 4.00. The molecule has 0 amide bonds. The molecular formula is C15H21NO3. The molecule has 0 unspecified atom stereocenters. The third kappa shape index (κ3) is 2.69. The predicted octanol–water partition coefficient (Wildman–Crippen LogP) is 2.10. The number of piperidine rings is 1. The lowest BCUT2D eigenvalue weighted by molar-refractivity contribution is -0.0171. The van der Waals surface area contributed by atoms with Crippen LogP contribution in [0, 0.1) is 5.92 Å². The van der Waals surface area contributed by atoms with Gasteiger partial charge in [0.1, 0.15) is 11.5 Å². The summed E-state index contributed by atoms with van der Waals surface area (Å²) < 4.78 is 16.5. The van der Waals surface area contributed by atoms with E-state index in [1.807, 2.05) is 12.1 Å². The fraction of sp³-hybridized carbons (Fsp3) is 0.600. The van der Waals surface area contributed by atoms with Crippen molar-refractivity contribution in [3.05, 3.63) is 23.3 Å². The van der Waals surface area contributed by atoms with E-state index in [1.165, 1.54) is 24.0 Å². The smallest absolute Gasteiger partial charge is 0.189 e. The van der Waals surface area contributed by atoms with Crippen LogP contribution in [0.5, 0.6) is 11.5 Å². The number of rotatable bonds is 3. The average Bonchev–Trinajstić information content (AvgIpc) is 2.49. The van der Waals surface area contributed by atoms with Crippen LogP contribution in [-0.2, 0) is 17.8 Å². The van der Waals surface area contributed by atoms with E-state index in [-0.39, 0.29) is 0 Å². The molecule has 0 bridgehead atoms. The van der Waals surface area contributed by atoms with Gasteiger partial charge in [-0.2, -0.15) is 0 Å². The van der Waals surface area contributed by atoms with Crippen molar-refractivity contribution in [2.24, 2.45) is 5.92 Å². The molecule has 0 aromatic heterocycles. The molecule has 0 saturated carbocycles. The molecule has 2 aliphatic rings. The molecule has 1 aromatic carbocycles. The van der Waals surface area contributed by atoms with E-state index in [4.69, 9.17) is 14.2 Å². The van der Waals surface area contributed by atoms with Gasteiger partial charge in [-0.05, 0) is 50.4 Å². The lowest BCUT2D eigenvalue weighted by Crippen LogP contribution is -2.29. The summed E-state index contributed by atoms with van der Waals surface area (Å²) in [6.07, 6.45) is 3.52. The molecule has 1 N–H and O–H groups in total. The minimum Gasteiger partial charge on any atom is -0.496 e. The van der Waals surface area contributed by atoms with Gasteiger partial charge in [0.25, 0.3) is 0 Å². The van der Waals surface area contributed by atoms with Gasteiger partial charge >= 0.3 is 0 Å². The van der Waals surface area contributed by atoms with Crippen molar-refractivity contribution in [1.82, 2.24) is 5.32 Å². The summed E-state index contributed by atoms with van der Waals surface area (Å²) in [6.45, 7) is 3.23. The summed E-state index contributed by atoms with van der Waals surface area (Å²) in [5.74, 6) is 2.64. The van der Waals surface area contributed by atoms with E-state index >= 15 is 0 Å². The highest BCUT2D eigenvalue weighted by molar-refractivity contribution is 5.49. The number of fused-ring (bicyclic) bond motifs is 1. The molecular weight excluding hydrogens is 242 g/mol. The highest BCUT2D eigenvalue weighted by Crippen LogP contribution is 2.36. The van der Waals surface area contributed by atoms with Crippen LogP contribution in [-0.4, -0.2) is 27.0 Å². The number of benzene rings is 1. The van der Waals surface area contributed by atoms with Crippen LogP contribution >= 0.6 is 0 Å². The van der Waals surface area contributed by atoms with E-state index < -0.39 is 0 Å². The van der Waals surface area contributed by atoms with Crippen molar-refractivity contribution in [3.63, 3.8) is 0 Å². The molecule has 104 valence electrons. The highest BCUT2D eigenvalue weighted by atomic mass is 16.7. The van der Waals surface area contributed by atoms with Crippen molar-refractivity contribution in [2.75, 3.05) is 27.0 Å². The SMILES string of the molecule is COc1ccc2c(c1CC1CCNCC1)COCO2. The zero-order chi connectivity index (χ0) is 13.1. The van der Waals surface area contributed by atoms with Crippen molar-refractivity contribution in [1.29, 1.82) is 0 Å². The first-order valence-corrected chi connectivity index (χ1v) is 6.98. The molecule has 0 atom stereocenters. The zero-order valence-electron chi connectivity index (χ0n) is 11.4. The third-order valence-electron chi connectivity index (χ3n) is 4.06. The number of methoxy groups -OCH3 is 1. The lowest BCUT2D eigenvalue weighted by Gasteiger charge is -2.27. The van der Waals surface area contributed by atoms with Crippen LogP contribution in [0.1, 0.15) is 24.0 Å². The summed E-state index contributed by atoms with van der Waals surface area (Å²) in [5, 5.41) is 3.41. The van der Waals surface area contributed by atoms with Gasteiger partial charge in [-0.25, -0.2) is 0 Å². The Labute approximate surface area is 114 Å². The molecule has 2 heterocycles. The molecule has 2 aliphatic heterocycles. The first-order valence-electron chi connectivity index (χ1n) is 6.98. The van der Waals surface area contributed by atoms with Gasteiger partial charge in [0.05, 0.1) is 13.7 Å². The Morgan fingerprint density at radius 1 is 1.32 bits per heavy atom. The van der Waals surface area contributed by atoms with Gasteiger partial charge in [-0.1, -0.05) is 0 Å². The number of nitrogens with one attached hydrogen (secondary N) is 1. The minimum absolute atomic E-state index is 0.353. The maximum absolute atomic E-state index is 5.56. The predicted molar refractivity (Wildman–Crippen MR) is 72.6 cm³/mol. The Morgan fingerprint density at radius 3 is 2.95 bits per heavy atom. The van der Waals surface area contributed by atoms with Crippen LogP contribution in [0.25, 0.3) is 0 Å². The summed E-state index contributed by atoms with van der Waals surface area (Å²) in [4.78, 5) is 0. The summed E-state index contributed by atoms with van der Waals surface area (Å²) in [7, 11) is 1.73. The number of hydrogen-bond donors (Lipinski definition) is 1. The topological polar surface area (TPSA) is 39.7 Å². The molecule has 4 heteroatoms. The van der Waals surface area contributed by atoms with Crippen LogP contribution in [0.15, 0.2) is 12.1 Å². The summed E-state index contributed by atoms with van der Waals surface area (Å²) in [5.41, 5.74) is 2.44. The van der Waals surface area contributed by atoms with Gasteiger partial charge < -0.3 is 19.5 Å². The quantitative estimate of drug-likeness (QED) is 0.906. The third-order valence-corrected chi connectivity index (χ3v) is 4.06. The standard InChI is InChI=1S/C15H21NO3/c1-17-14-2-3-15-13(9-18-10-19-15)12(14)8-11-4-6-16-7-5-11/h2-3,11,16H,4-10H2,1H3. The molecule has 0 spiro atoms. The van der Waals surface area contributed by atoms with E-state index in [9.17, 15) is 0 Å². The van der Waals surface area contributed by atoms with Gasteiger partial charge in [-0.3, -0.25) is 0 Å². The molecule has 1 aromatic rings. The second kappa shape index (κ2) is 5.80. The van der Waals surface area contributed by atoms with Crippen molar-refractivity contribution in [2.45, 2.75) is 25.9 Å². The maximum Gasteiger partial charge on any atom is 0.189 e. The Balaban J connectivity index is 1.88. The summed E-state index contributed by atoms with van der Waals surface area (Å²) >= 11 is 0. The molecule has 4 nitrogen and oxygen atoms in total. The Kier molecular flexibility index (Phi) is 3.89. The average molecular weight is 263 g/mol. The largest absolute Gasteiger partial charge is 0.496 e. The van der Waals surface area contributed by atoms with E-state index in [1.54, 1.807) is 7.11 Å². The Bertz CT molecular complexity index is 441. The van der Waals surface area contributed by atoms with Gasteiger partial charge in [-0.15, -0.1) is 0 Å². The number of hydrogen-bond acceptors (Lipinski definition) is 4. The van der Waals surface area contributed by atoms with E-state index in [0.717, 1.165) is 36.9 Å². The second-order valence-electron chi connectivity index (χ2n) is 5.23. The Hall–Kier alpha value is -1.26. The van der Waals surface area contributed by atoms with Crippen molar-refractivity contribution in [3.8, 4) is 11.5 Å². The first-order chi connectivity index (χ1) is 9.38. The first kappa shape index (κ1) is 12.8. The molecule has 3 rings (SSSR count). The van der Waals surface area contributed by atoms with E-state index in [0.29, 0.717) is 13.4 Å². The van der Waals surface area contributed by atoms with E-state index in [2.05, 4.69) is 5.32 Å². The van der Waals surface area contributed by atoms with Crippen LogP contribution < -0.4 is 14.8 Å². The number of ether oxygens (including phenoxy) is 3. The molecule has 19 heavy (non-hydrogen) atoms. The van der Waals surface area contributed by atoms with Gasteiger partial charge in [0.2, 0.25) is 0 Å². The lowest BCUT2D eigenvalue weighted by atomic mass is 9.88. The van der Waals surface area contributed by atoms with Crippen LogP contribution in [0.3, 0.4) is 0 Å². The van der Waals surface area contributed by atoms with Gasteiger partial charge in [0.15, 0.2) is 6.79 Å². The zero-order valence-corrected chi connectivity index (χ0v) is 11.4. The molecule has 0 aliphatic carbocycles. The monoisotopic (exact) mass is 263 g/mol. The normalized spacial score (nSPS) is 19.6.